The average molecular weight is 435 g/mol. The predicted molar refractivity (Wildman–Crippen MR) is 118 cm³/mol. The van der Waals surface area contributed by atoms with E-state index in [0.717, 1.165) is 31.5 Å². The Kier molecular flexibility index (Phi) is 5.20. The lowest BCUT2D eigenvalue weighted by atomic mass is 10.0. The quantitative estimate of drug-likeness (QED) is 0.798. The van der Waals surface area contributed by atoms with Crippen LogP contribution in [0.3, 0.4) is 0 Å². The molecule has 3 aliphatic rings. The summed E-state index contributed by atoms with van der Waals surface area (Å²) >= 11 is 0. The average Bonchev–Trinajstić information content (AvgIpc) is 3.53. The molecule has 1 atom stereocenters. The molecule has 2 aromatic rings. The van der Waals surface area contributed by atoms with Crippen LogP contribution in [0, 0.1) is 12.8 Å². The molecule has 8 nitrogen and oxygen atoms in total. The first-order valence-corrected chi connectivity index (χ1v) is 10.9. The fourth-order valence-corrected chi connectivity index (χ4v) is 4.55. The lowest BCUT2D eigenvalue weighted by molar-refractivity contribution is -0.122. The summed E-state index contributed by atoms with van der Waals surface area (Å²) in [6, 6.07) is 10.8. The highest BCUT2D eigenvalue weighted by molar-refractivity contribution is 6.08. The van der Waals surface area contributed by atoms with Gasteiger partial charge in [-0.05, 0) is 43.5 Å². The fraction of sp³-hybridized carbons (Fsp3) is 0.375. The van der Waals surface area contributed by atoms with Gasteiger partial charge in [-0.15, -0.1) is 0 Å². The maximum absolute atomic E-state index is 13.1. The van der Waals surface area contributed by atoms with Crippen molar-refractivity contribution in [2.75, 3.05) is 36.6 Å². The number of carbonyl (C=O) groups is 3. The molecule has 0 saturated carbocycles. The molecule has 1 N–H and O–H groups in total. The lowest BCUT2D eigenvalue weighted by Gasteiger charge is -2.21. The highest BCUT2D eigenvalue weighted by Gasteiger charge is 2.36. The zero-order chi connectivity index (χ0) is 22.2. The Morgan fingerprint density at radius 1 is 1.06 bits per heavy atom. The first-order valence-electron chi connectivity index (χ1n) is 10.9. The van der Waals surface area contributed by atoms with Gasteiger partial charge in [0, 0.05) is 37.8 Å². The Balaban J connectivity index is 1.32. The fourth-order valence-electron chi connectivity index (χ4n) is 4.55. The van der Waals surface area contributed by atoms with Crippen LogP contribution in [0.4, 0.5) is 11.4 Å². The number of benzene rings is 2. The normalized spacial score (nSPS) is 19.5. The molecule has 3 amide bonds. The number of carbonyl (C=O) groups excluding carboxylic acids is 3. The second kappa shape index (κ2) is 8.18. The van der Waals surface area contributed by atoms with Crippen LogP contribution >= 0.6 is 0 Å². The van der Waals surface area contributed by atoms with Crippen molar-refractivity contribution in [1.82, 2.24) is 4.90 Å². The molecular weight excluding hydrogens is 410 g/mol. The first-order chi connectivity index (χ1) is 15.5. The zero-order valence-electron chi connectivity index (χ0n) is 17.9. The van der Waals surface area contributed by atoms with E-state index in [0.29, 0.717) is 28.4 Å². The number of nitrogens with one attached hydrogen (secondary N) is 1. The van der Waals surface area contributed by atoms with Crippen LogP contribution in [0.25, 0.3) is 0 Å². The van der Waals surface area contributed by atoms with Crippen molar-refractivity contribution in [3.8, 4) is 11.5 Å². The van der Waals surface area contributed by atoms with Gasteiger partial charge in [0.2, 0.25) is 18.6 Å². The van der Waals surface area contributed by atoms with Crippen molar-refractivity contribution in [2.24, 2.45) is 5.92 Å². The minimum Gasteiger partial charge on any atom is -0.454 e. The summed E-state index contributed by atoms with van der Waals surface area (Å²) in [5, 5.41) is 2.92. The summed E-state index contributed by atoms with van der Waals surface area (Å²) in [4.78, 5) is 42.2. The highest BCUT2D eigenvalue weighted by atomic mass is 16.7. The van der Waals surface area contributed by atoms with E-state index in [1.54, 1.807) is 29.2 Å². The number of nitrogens with zero attached hydrogens (tertiary/aromatic N) is 2. The van der Waals surface area contributed by atoms with E-state index in [2.05, 4.69) is 5.32 Å². The van der Waals surface area contributed by atoms with Gasteiger partial charge < -0.3 is 24.6 Å². The van der Waals surface area contributed by atoms with Crippen LogP contribution in [0.5, 0.6) is 11.5 Å². The molecule has 1 unspecified atom stereocenters. The van der Waals surface area contributed by atoms with Crippen LogP contribution in [-0.2, 0) is 9.59 Å². The van der Waals surface area contributed by atoms with Gasteiger partial charge >= 0.3 is 0 Å². The summed E-state index contributed by atoms with van der Waals surface area (Å²) in [7, 11) is 0. The van der Waals surface area contributed by atoms with E-state index in [4.69, 9.17) is 9.47 Å². The molecule has 2 aromatic carbocycles. The van der Waals surface area contributed by atoms with E-state index in [1.807, 2.05) is 24.0 Å². The maximum atomic E-state index is 13.1. The summed E-state index contributed by atoms with van der Waals surface area (Å²) in [6.07, 6.45) is 2.11. The number of hydrogen-bond acceptors (Lipinski definition) is 5. The predicted octanol–water partition coefficient (Wildman–Crippen LogP) is 2.95. The Morgan fingerprint density at radius 2 is 1.84 bits per heavy atom. The van der Waals surface area contributed by atoms with Gasteiger partial charge in [-0.25, -0.2) is 0 Å². The Morgan fingerprint density at radius 3 is 2.66 bits per heavy atom. The van der Waals surface area contributed by atoms with E-state index >= 15 is 0 Å². The molecule has 0 aliphatic carbocycles. The molecule has 3 aliphatic heterocycles. The van der Waals surface area contributed by atoms with Gasteiger partial charge in [0.1, 0.15) is 0 Å². The van der Waals surface area contributed by atoms with Gasteiger partial charge in [-0.3, -0.25) is 14.4 Å². The van der Waals surface area contributed by atoms with Gasteiger partial charge in [-0.2, -0.15) is 0 Å². The molecule has 8 heteroatoms. The number of ether oxygens (including phenoxy) is 2. The Bertz CT molecular complexity index is 1090. The van der Waals surface area contributed by atoms with Crippen molar-refractivity contribution in [2.45, 2.75) is 26.2 Å². The Hall–Kier alpha value is -3.55. The summed E-state index contributed by atoms with van der Waals surface area (Å²) in [5.41, 5.74) is 2.53. The summed E-state index contributed by atoms with van der Waals surface area (Å²) in [5.74, 6) is 0.283. The smallest absolute Gasteiger partial charge is 0.256 e. The molecule has 0 aromatic heterocycles. The molecule has 2 saturated heterocycles. The number of anilines is 2. The second-order valence-electron chi connectivity index (χ2n) is 8.43. The summed E-state index contributed by atoms with van der Waals surface area (Å²) in [6.45, 7) is 3.78. The first kappa shape index (κ1) is 20.4. The lowest BCUT2D eigenvalue weighted by Crippen LogP contribution is -2.31. The second-order valence-corrected chi connectivity index (χ2v) is 8.43. The van der Waals surface area contributed by atoms with Crippen molar-refractivity contribution in [3.63, 3.8) is 0 Å². The number of rotatable bonds is 4. The van der Waals surface area contributed by atoms with E-state index in [1.165, 1.54) is 0 Å². The standard InChI is InChI=1S/C24H25N3O5/c1-15-5-4-6-18(22(15)24(30)26-9-2-3-10-26)25-23(29)16-11-21(28)27(13-16)17-7-8-19-20(12-17)32-14-31-19/h4-8,12,16H,2-3,9-11,13-14H2,1H3,(H,25,29). The largest absolute Gasteiger partial charge is 0.454 e. The number of hydrogen-bond donors (Lipinski definition) is 1. The third kappa shape index (κ3) is 3.66. The van der Waals surface area contributed by atoms with Gasteiger partial charge in [0.05, 0.1) is 17.2 Å². The van der Waals surface area contributed by atoms with Crippen molar-refractivity contribution in [3.05, 3.63) is 47.5 Å². The highest BCUT2D eigenvalue weighted by Crippen LogP contribution is 2.37. The van der Waals surface area contributed by atoms with Crippen LogP contribution in [-0.4, -0.2) is 49.0 Å². The maximum Gasteiger partial charge on any atom is 0.256 e. The van der Waals surface area contributed by atoms with E-state index in [-0.39, 0.29) is 37.5 Å². The molecule has 0 bridgehead atoms. The minimum absolute atomic E-state index is 0.0552. The third-order valence-electron chi connectivity index (χ3n) is 6.30. The molecule has 32 heavy (non-hydrogen) atoms. The number of fused-ring (bicyclic) bond motifs is 1. The van der Waals surface area contributed by atoms with E-state index in [9.17, 15) is 14.4 Å². The van der Waals surface area contributed by atoms with Crippen LogP contribution in [0.2, 0.25) is 0 Å². The van der Waals surface area contributed by atoms with Crippen molar-refractivity contribution < 1.29 is 23.9 Å². The number of likely N-dealkylation sites (tertiary alicyclic amines) is 1. The van der Waals surface area contributed by atoms with Gasteiger partial charge in [0.25, 0.3) is 5.91 Å². The SMILES string of the molecule is Cc1cccc(NC(=O)C2CC(=O)N(c3ccc4c(c3)OCO4)C2)c1C(=O)N1CCCC1. The van der Waals surface area contributed by atoms with Crippen molar-refractivity contribution in [1.29, 1.82) is 0 Å². The molecule has 0 spiro atoms. The minimum atomic E-state index is -0.511. The zero-order valence-corrected chi connectivity index (χ0v) is 17.9. The number of amides is 3. The molecule has 0 radical (unpaired) electrons. The van der Waals surface area contributed by atoms with E-state index < -0.39 is 5.92 Å². The van der Waals surface area contributed by atoms with Gasteiger partial charge in [0.15, 0.2) is 11.5 Å². The molecule has 5 rings (SSSR count). The molecular formula is C24H25N3O5. The monoisotopic (exact) mass is 435 g/mol. The third-order valence-corrected chi connectivity index (χ3v) is 6.30. The van der Waals surface area contributed by atoms with Crippen molar-refractivity contribution >= 4 is 29.1 Å². The van der Waals surface area contributed by atoms with Gasteiger partial charge in [-0.1, -0.05) is 12.1 Å². The van der Waals surface area contributed by atoms with Crippen LogP contribution in [0.1, 0.15) is 35.2 Å². The van der Waals surface area contributed by atoms with Crippen LogP contribution in [0.15, 0.2) is 36.4 Å². The molecule has 2 fully saturated rings. The Labute approximate surface area is 186 Å². The topological polar surface area (TPSA) is 88.2 Å². The van der Waals surface area contributed by atoms with Crippen LogP contribution < -0.4 is 19.7 Å². The molecule has 3 heterocycles. The summed E-state index contributed by atoms with van der Waals surface area (Å²) < 4.78 is 10.7. The molecule has 166 valence electrons. The number of aryl methyl sites for hydroxylation is 1.